The molecule has 0 aliphatic rings. The molecule has 6 nitrogen and oxygen atoms in total. The van der Waals surface area contributed by atoms with Crippen molar-refractivity contribution in [3.63, 3.8) is 0 Å². The third kappa shape index (κ3) is 4.87. The molecule has 8 heteroatoms. The number of amides is 1. The van der Waals surface area contributed by atoms with Crippen molar-refractivity contribution in [2.75, 3.05) is 11.8 Å². The van der Waals surface area contributed by atoms with Gasteiger partial charge in [-0.15, -0.1) is 11.3 Å². The Morgan fingerprint density at radius 1 is 1.04 bits per heavy atom. The molecule has 0 saturated carbocycles. The van der Waals surface area contributed by atoms with Gasteiger partial charge < -0.3 is 10.1 Å². The summed E-state index contributed by atoms with van der Waals surface area (Å²) in [5.41, 5.74) is 0.823. The van der Waals surface area contributed by atoms with Crippen molar-refractivity contribution in [2.45, 2.75) is 11.4 Å². The predicted octanol–water partition coefficient (Wildman–Crippen LogP) is 3.49. The molecule has 0 aliphatic heterocycles. The van der Waals surface area contributed by atoms with Gasteiger partial charge in [-0.1, -0.05) is 6.07 Å². The molecular weight excluding hydrogens is 384 g/mol. The van der Waals surface area contributed by atoms with Crippen molar-refractivity contribution in [1.29, 1.82) is 0 Å². The normalized spacial score (nSPS) is 11.0. The van der Waals surface area contributed by atoms with Crippen molar-refractivity contribution in [1.82, 2.24) is 5.32 Å². The lowest BCUT2D eigenvalue weighted by atomic mass is 10.2. The molecule has 27 heavy (non-hydrogen) atoms. The zero-order chi connectivity index (χ0) is 19.3. The predicted molar refractivity (Wildman–Crippen MR) is 106 cm³/mol. The highest BCUT2D eigenvalue weighted by atomic mass is 32.2. The fourth-order valence-corrected chi connectivity index (χ4v) is 4.04. The lowest BCUT2D eigenvalue weighted by Crippen LogP contribution is -2.22. The van der Waals surface area contributed by atoms with E-state index in [-0.39, 0.29) is 10.8 Å². The first-order valence-electron chi connectivity index (χ1n) is 8.05. The van der Waals surface area contributed by atoms with Crippen LogP contribution in [0.4, 0.5) is 5.69 Å². The number of benzene rings is 2. The van der Waals surface area contributed by atoms with Crippen LogP contribution in [0, 0.1) is 0 Å². The van der Waals surface area contributed by atoms with Crippen molar-refractivity contribution in [3.8, 4) is 5.75 Å². The topological polar surface area (TPSA) is 84.5 Å². The van der Waals surface area contributed by atoms with Gasteiger partial charge in [0.1, 0.15) is 5.75 Å². The van der Waals surface area contributed by atoms with Crippen molar-refractivity contribution >= 4 is 33.0 Å². The summed E-state index contributed by atoms with van der Waals surface area (Å²) in [4.78, 5) is 13.3. The molecule has 0 atom stereocenters. The van der Waals surface area contributed by atoms with Crippen LogP contribution in [-0.4, -0.2) is 21.4 Å². The lowest BCUT2D eigenvalue weighted by Gasteiger charge is -2.09. The molecule has 0 aliphatic carbocycles. The maximum absolute atomic E-state index is 12.5. The minimum absolute atomic E-state index is 0.0770. The maximum atomic E-state index is 12.5. The minimum atomic E-state index is -3.74. The number of hydrogen-bond donors (Lipinski definition) is 2. The van der Waals surface area contributed by atoms with Crippen molar-refractivity contribution in [3.05, 3.63) is 76.5 Å². The number of hydrogen-bond acceptors (Lipinski definition) is 5. The maximum Gasteiger partial charge on any atom is 0.261 e. The van der Waals surface area contributed by atoms with E-state index in [1.807, 2.05) is 17.5 Å². The van der Waals surface area contributed by atoms with E-state index in [1.54, 1.807) is 35.6 Å². The van der Waals surface area contributed by atoms with E-state index in [2.05, 4.69) is 10.0 Å². The van der Waals surface area contributed by atoms with Gasteiger partial charge in [0, 0.05) is 16.1 Å². The molecule has 2 aromatic carbocycles. The highest BCUT2D eigenvalue weighted by Crippen LogP contribution is 2.19. The van der Waals surface area contributed by atoms with E-state index in [1.165, 1.54) is 31.4 Å². The zero-order valence-corrected chi connectivity index (χ0v) is 16.1. The SMILES string of the molecule is COc1ccc(NS(=O)(=O)c2ccc(C(=O)NCc3cccs3)cc2)cc1. The number of carbonyl (C=O) groups is 1. The Labute approximate surface area is 161 Å². The average molecular weight is 402 g/mol. The van der Waals surface area contributed by atoms with Crippen LogP contribution in [0.1, 0.15) is 15.2 Å². The van der Waals surface area contributed by atoms with Crippen LogP contribution in [-0.2, 0) is 16.6 Å². The standard InChI is InChI=1S/C19H18N2O4S2/c1-25-16-8-6-15(7-9-16)21-27(23,24)18-10-4-14(5-11-18)19(22)20-13-17-3-2-12-26-17/h2-12,21H,13H2,1H3,(H,20,22). The summed E-state index contributed by atoms with van der Waals surface area (Å²) in [5, 5.41) is 4.75. The number of sulfonamides is 1. The summed E-state index contributed by atoms with van der Waals surface area (Å²) < 4.78 is 32.5. The Morgan fingerprint density at radius 3 is 2.33 bits per heavy atom. The van der Waals surface area contributed by atoms with E-state index in [9.17, 15) is 13.2 Å². The first kappa shape index (κ1) is 18.9. The second-order valence-corrected chi connectivity index (χ2v) is 8.34. The number of anilines is 1. The summed E-state index contributed by atoms with van der Waals surface area (Å²) in [5.74, 6) is 0.381. The summed E-state index contributed by atoms with van der Waals surface area (Å²) in [6, 6.07) is 16.2. The number of ether oxygens (including phenoxy) is 1. The highest BCUT2D eigenvalue weighted by Gasteiger charge is 2.15. The lowest BCUT2D eigenvalue weighted by molar-refractivity contribution is 0.0951. The number of carbonyl (C=O) groups excluding carboxylic acids is 1. The van der Waals surface area contributed by atoms with E-state index in [0.29, 0.717) is 23.5 Å². The molecule has 3 aromatic rings. The monoisotopic (exact) mass is 402 g/mol. The number of methoxy groups -OCH3 is 1. The van der Waals surface area contributed by atoms with Gasteiger partial charge in [0.25, 0.3) is 15.9 Å². The van der Waals surface area contributed by atoms with Gasteiger partial charge in [0.2, 0.25) is 0 Å². The summed E-state index contributed by atoms with van der Waals surface area (Å²) in [7, 11) is -2.20. The Hall–Kier alpha value is -2.84. The second-order valence-electron chi connectivity index (χ2n) is 5.62. The molecule has 1 aromatic heterocycles. The fraction of sp³-hybridized carbons (Fsp3) is 0.105. The molecule has 0 spiro atoms. The Bertz CT molecular complexity index is 997. The molecular formula is C19H18N2O4S2. The van der Waals surface area contributed by atoms with Crippen LogP contribution in [0.25, 0.3) is 0 Å². The van der Waals surface area contributed by atoms with Gasteiger partial charge >= 0.3 is 0 Å². The minimum Gasteiger partial charge on any atom is -0.497 e. The molecule has 0 bridgehead atoms. The van der Waals surface area contributed by atoms with Crippen LogP contribution < -0.4 is 14.8 Å². The zero-order valence-electron chi connectivity index (χ0n) is 14.5. The smallest absolute Gasteiger partial charge is 0.261 e. The number of rotatable bonds is 7. The van der Waals surface area contributed by atoms with Crippen LogP contribution in [0.15, 0.2) is 70.9 Å². The largest absolute Gasteiger partial charge is 0.497 e. The molecule has 0 saturated heterocycles. The van der Waals surface area contributed by atoms with Crippen molar-refractivity contribution in [2.24, 2.45) is 0 Å². The van der Waals surface area contributed by atoms with E-state index in [0.717, 1.165) is 4.88 Å². The van der Waals surface area contributed by atoms with Crippen LogP contribution in [0.5, 0.6) is 5.75 Å². The first-order chi connectivity index (χ1) is 13.0. The van der Waals surface area contributed by atoms with Crippen LogP contribution in [0.2, 0.25) is 0 Å². The summed E-state index contributed by atoms with van der Waals surface area (Å²) in [6.07, 6.45) is 0. The Balaban J connectivity index is 1.66. The first-order valence-corrected chi connectivity index (χ1v) is 10.4. The molecule has 0 radical (unpaired) electrons. The number of thiophene rings is 1. The highest BCUT2D eigenvalue weighted by molar-refractivity contribution is 7.92. The van der Waals surface area contributed by atoms with Gasteiger partial charge in [-0.3, -0.25) is 9.52 Å². The van der Waals surface area contributed by atoms with Gasteiger partial charge in [-0.25, -0.2) is 8.42 Å². The molecule has 0 fully saturated rings. The molecule has 2 N–H and O–H groups in total. The number of nitrogens with one attached hydrogen (secondary N) is 2. The van der Waals surface area contributed by atoms with E-state index < -0.39 is 10.0 Å². The van der Waals surface area contributed by atoms with Gasteiger partial charge in [-0.05, 0) is 60.0 Å². The van der Waals surface area contributed by atoms with Gasteiger partial charge in [0.05, 0.1) is 18.6 Å². The average Bonchev–Trinajstić information content (AvgIpc) is 3.20. The molecule has 1 amide bonds. The molecule has 1 heterocycles. The second kappa shape index (κ2) is 8.24. The quantitative estimate of drug-likeness (QED) is 0.634. The molecule has 3 rings (SSSR count). The van der Waals surface area contributed by atoms with E-state index >= 15 is 0 Å². The van der Waals surface area contributed by atoms with Crippen LogP contribution >= 0.6 is 11.3 Å². The third-order valence-corrected chi connectivity index (χ3v) is 6.05. The Kier molecular flexibility index (Phi) is 5.78. The van der Waals surface area contributed by atoms with Crippen LogP contribution in [0.3, 0.4) is 0 Å². The Morgan fingerprint density at radius 2 is 1.74 bits per heavy atom. The van der Waals surface area contributed by atoms with E-state index in [4.69, 9.17) is 4.74 Å². The van der Waals surface area contributed by atoms with Gasteiger partial charge in [-0.2, -0.15) is 0 Å². The molecule has 0 unspecified atom stereocenters. The summed E-state index contributed by atoms with van der Waals surface area (Å²) >= 11 is 1.56. The van der Waals surface area contributed by atoms with Crippen molar-refractivity contribution < 1.29 is 17.9 Å². The fourth-order valence-electron chi connectivity index (χ4n) is 2.34. The summed E-state index contributed by atoms with van der Waals surface area (Å²) in [6.45, 7) is 0.440. The molecule has 140 valence electrons. The third-order valence-electron chi connectivity index (χ3n) is 3.77. The van der Waals surface area contributed by atoms with Gasteiger partial charge in [0.15, 0.2) is 0 Å².